The summed E-state index contributed by atoms with van der Waals surface area (Å²) < 4.78 is 12.1. The SMILES string of the molecule is Cc1cc(C2CN(C3CCNC3)C2)cc2c1O[C@H](C)c1c(N3CCOCC3)ccnc1N2. The van der Waals surface area contributed by atoms with Crippen molar-refractivity contribution >= 4 is 17.2 Å². The van der Waals surface area contributed by atoms with Gasteiger partial charge in [-0.15, -0.1) is 0 Å². The Bertz CT molecular complexity index is 994. The second-order valence-corrected chi connectivity index (χ2v) is 9.59. The van der Waals surface area contributed by atoms with Gasteiger partial charge in [0.2, 0.25) is 0 Å². The molecule has 6 rings (SSSR count). The summed E-state index contributed by atoms with van der Waals surface area (Å²) in [4.78, 5) is 9.74. The molecule has 32 heavy (non-hydrogen) atoms. The van der Waals surface area contributed by atoms with Crippen LogP contribution in [0.3, 0.4) is 0 Å². The molecule has 3 saturated heterocycles. The lowest BCUT2D eigenvalue weighted by Crippen LogP contribution is -2.51. The van der Waals surface area contributed by atoms with Crippen LogP contribution in [-0.2, 0) is 4.74 Å². The van der Waals surface area contributed by atoms with Crippen LogP contribution in [0.4, 0.5) is 17.2 Å². The topological polar surface area (TPSA) is 61.9 Å². The van der Waals surface area contributed by atoms with Crippen LogP contribution in [0.25, 0.3) is 0 Å². The van der Waals surface area contributed by atoms with Crippen molar-refractivity contribution in [3.8, 4) is 5.75 Å². The van der Waals surface area contributed by atoms with Gasteiger partial charge in [0.05, 0.1) is 24.5 Å². The Morgan fingerprint density at radius 1 is 1.16 bits per heavy atom. The minimum absolute atomic E-state index is 0.0797. The number of morpholine rings is 1. The van der Waals surface area contributed by atoms with Gasteiger partial charge in [-0.2, -0.15) is 0 Å². The molecular formula is C25H33N5O2. The van der Waals surface area contributed by atoms with Gasteiger partial charge in [0.1, 0.15) is 17.7 Å². The molecule has 5 heterocycles. The first-order valence-electron chi connectivity index (χ1n) is 12.0. The molecule has 0 bridgehead atoms. The van der Waals surface area contributed by atoms with E-state index in [1.165, 1.54) is 23.2 Å². The van der Waals surface area contributed by atoms with Crippen LogP contribution in [0.5, 0.6) is 5.75 Å². The number of pyridine rings is 1. The highest BCUT2D eigenvalue weighted by atomic mass is 16.5. The van der Waals surface area contributed by atoms with E-state index in [-0.39, 0.29) is 6.10 Å². The van der Waals surface area contributed by atoms with Crippen molar-refractivity contribution in [2.24, 2.45) is 0 Å². The number of ether oxygens (including phenoxy) is 2. The summed E-state index contributed by atoms with van der Waals surface area (Å²) in [6.45, 7) is 12.2. The first-order valence-corrected chi connectivity index (χ1v) is 12.0. The van der Waals surface area contributed by atoms with E-state index in [2.05, 4.69) is 52.5 Å². The van der Waals surface area contributed by atoms with Crippen LogP contribution in [0.15, 0.2) is 24.4 Å². The fourth-order valence-corrected chi connectivity index (χ4v) is 5.67. The number of likely N-dealkylation sites (tertiary alicyclic amines) is 1. The van der Waals surface area contributed by atoms with Crippen molar-refractivity contribution in [3.63, 3.8) is 0 Å². The molecule has 0 spiro atoms. The first kappa shape index (κ1) is 20.3. The largest absolute Gasteiger partial charge is 0.483 e. The predicted molar refractivity (Wildman–Crippen MR) is 126 cm³/mol. The summed E-state index contributed by atoms with van der Waals surface area (Å²) in [5.74, 6) is 2.45. The van der Waals surface area contributed by atoms with Crippen LogP contribution in [0, 0.1) is 6.92 Å². The van der Waals surface area contributed by atoms with Gasteiger partial charge >= 0.3 is 0 Å². The van der Waals surface area contributed by atoms with Gasteiger partial charge in [-0.05, 0) is 50.1 Å². The third-order valence-corrected chi connectivity index (χ3v) is 7.50. The molecule has 0 saturated carbocycles. The monoisotopic (exact) mass is 435 g/mol. The zero-order valence-electron chi connectivity index (χ0n) is 19.1. The molecule has 1 aromatic carbocycles. The molecule has 0 aliphatic carbocycles. The van der Waals surface area contributed by atoms with Crippen LogP contribution in [0.2, 0.25) is 0 Å². The second kappa shape index (κ2) is 8.21. The molecule has 0 radical (unpaired) electrons. The molecule has 2 aromatic rings. The van der Waals surface area contributed by atoms with E-state index in [0.717, 1.165) is 75.3 Å². The maximum Gasteiger partial charge on any atom is 0.146 e. The summed E-state index contributed by atoms with van der Waals surface area (Å²) in [5, 5.41) is 7.14. The van der Waals surface area contributed by atoms with Gasteiger partial charge in [0, 0.05) is 56.6 Å². The Labute approximate surface area is 190 Å². The molecule has 1 unspecified atom stereocenters. The van der Waals surface area contributed by atoms with Gasteiger partial charge in [-0.1, -0.05) is 6.07 Å². The Balaban J connectivity index is 1.29. The molecule has 7 heteroatoms. The average Bonchev–Trinajstić information content (AvgIpc) is 3.24. The van der Waals surface area contributed by atoms with Crippen LogP contribution < -0.4 is 20.3 Å². The lowest BCUT2D eigenvalue weighted by molar-refractivity contribution is 0.101. The lowest BCUT2D eigenvalue weighted by atomic mass is 9.88. The zero-order chi connectivity index (χ0) is 21.7. The molecule has 1 aromatic heterocycles. The number of hydrogen-bond acceptors (Lipinski definition) is 7. The molecule has 0 amide bonds. The van der Waals surface area contributed by atoms with Crippen molar-refractivity contribution in [1.82, 2.24) is 15.2 Å². The summed E-state index contributed by atoms with van der Waals surface area (Å²) in [7, 11) is 0. The Morgan fingerprint density at radius 2 is 2.00 bits per heavy atom. The molecule has 2 N–H and O–H groups in total. The molecule has 3 fully saturated rings. The van der Waals surface area contributed by atoms with Crippen LogP contribution >= 0.6 is 0 Å². The Morgan fingerprint density at radius 3 is 2.78 bits per heavy atom. The molecule has 4 aliphatic rings. The van der Waals surface area contributed by atoms with E-state index >= 15 is 0 Å². The van der Waals surface area contributed by atoms with Crippen LogP contribution in [-0.4, -0.2) is 68.4 Å². The number of hydrogen-bond donors (Lipinski definition) is 2. The smallest absolute Gasteiger partial charge is 0.146 e. The van der Waals surface area contributed by atoms with Gasteiger partial charge < -0.3 is 25.0 Å². The highest BCUT2D eigenvalue weighted by Crippen LogP contribution is 2.45. The number of benzene rings is 1. The maximum atomic E-state index is 6.56. The molecule has 7 nitrogen and oxygen atoms in total. The summed E-state index contributed by atoms with van der Waals surface area (Å²) in [6, 6.07) is 7.45. The number of nitrogens with zero attached hydrogens (tertiary/aromatic N) is 3. The number of aromatic nitrogens is 1. The van der Waals surface area contributed by atoms with E-state index in [1.54, 1.807) is 0 Å². The van der Waals surface area contributed by atoms with E-state index in [9.17, 15) is 0 Å². The predicted octanol–water partition coefficient (Wildman–Crippen LogP) is 3.18. The van der Waals surface area contributed by atoms with Crippen LogP contribution in [0.1, 0.15) is 42.1 Å². The Hall–Kier alpha value is -2.35. The highest BCUT2D eigenvalue weighted by molar-refractivity contribution is 5.75. The minimum atomic E-state index is -0.0797. The lowest BCUT2D eigenvalue weighted by Gasteiger charge is -2.43. The average molecular weight is 436 g/mol. The van der Waals surface area contributed by atoms with E-state index in [0.29, 0.717) is 12.0 Å². The van der Waals surface area contributed by atoms with Gasteiger partial charge in [0.25, 0.3) is 0 Å². The number of fused-ring (bicyclic) bond motifs is 2. The fraction of sp³-hybridized carbons (Fsp3) is 0.560. The van der Waals surface area contributed by atoms with Crippen molar-refractivity contribution in [1.29, 1.82) is 0 Å². The fourth-order valence-electron chi connectivity index (χ4n) is 5.67. The zero-order valence-corrected chi connectivity index (χ0v) is 19.1. The van der Waals surface area contributed by atoms with E-state index in [4.69, 9.17) is 14.5 Å². The number of anilines is 3. The molecular weight excluding hydrogens is 402 g/mol. The van der Waals surface area contributed by atoms with E-state index in [1.807, 2.05) is 6.20 Å². The van der Waals surface area contributed by atoms with E-state index < -0.39 is 0 Å². The summed E-state index contributed by atoms with van der Waals surface area (Å²) in [6.07, 6.45) is 3.10. The Kier molecular flexibility index (Phi) is 5.20. The number of nitrogens with one attached hydrogen (secondary N) is 2. The van der Waals surface area contributed by atoms with Gasteiger partial charge in [0.15, 0.2) is 0 Å². The first-order chi connectivity index (χ1) is 15.7. The standard InChI is InChI=1S/C25H33N5O2/c1-16-11-18(19-14-30(15-19)20-3-5-26-13-20)12-21-24(16)32-17(2)23-22(4-6-27-25(23)28-21)29-7-9-31-10-8-29/h4,6,11-12,17,19-20,26H,3,5,7-10,13-15H2,1-2H3,(H,27,28)/t17-,20?/m1/s1. The number of rotatable bonds is 3. The molecule has 4 aliphatic heterocycles. The van der Waals surface area contributed by atoms with Gasteiger partial charge in [-0.25, -0.2) is 4.98 Å². The summed E-state index contributed by atoms with van der Waals surface area (Å²) >= 11 is 0. The third kappa shape index (κ3) is 3.52. The normalized spacial score (nSPS) is 25.9. The summed E-state index contributed by atoms with van der Waals surface area (Å²) in [5.41, 5.74) is 5.97. The molecule has 170 valence electrons. The molecule has 2 atom stereocenters. The maximum absolute atomic E-state index is 6.56. The highest BCUT2D eigenvalue weighted by Gasteiger charge is 2.35. The minimum Gasteiger partial charge on any atom is -0.483 e. The van der Waals surface area contributed by atoms with Crippen molar-refractivity contribution in [3.05, 3.63) is 41.1 Å². The number of aryl methyl sites for hydroxylation is 1. The van der Waals surface area contributed by atoms with Gasteiger partial charge in [-0.3, -0.25) is 4.90 Å². The van der Waals surface area contributed by atoms with Crippen molar-refractivity contribution < 1.29 is 9.47 Å². The quantitative estimate of drug-likeness (QED) is 0.768. The van der Waals surface area contributed by atoms with Crippen molar-refractivity contribution in [2.75, 3.05) is 62.7 Å². The third-order valence-electron chi connectivity index (χ3n) is 7.50. The second-order valence-electron chi connectivity index (χ2n) is 9.59. The van der Waals surface area contributed by atoms with Crippen molar-refractivity contribution in [2.45, 2.75) is 38.3 Å².